The number of nitrogens with one attached hydrogen (secondary N) is 4. The summed E-state index contributed by atoms with van der Waals surface area (Å²) in [4.78, 5) is 81.8. The van der Waals surface area contributed by atoms with Crippen LogP contribution in [0.5, 0.6) is 0 Å². The van der Waals surface area contributed by atoms with Crippen molar-refractivity contribution in [3.05, 3.63) is 35.9 Å². The number of rotatable bonds is 12. The summed E-state index contributed by atoms with van der Waals surface area (Å²) in [6, 6.07) is 5.76. The van der Waals surface area contributed by atoms with Crippen molar-refractivity contribution in [2.24, 2.45) is 28.6 Å². The number of carbonyl (C=O) groups excluding carboxylic acids is 6. The third-order valence-electron chi connectivity index (χ3n) is 9.99. The van der Waals surface area contributed by atoms with Gasteiger partial charge in [0.05, 0.1) is 6.04 Å². The Morgan fingerprint density at radius 1 is 0.918 bits per heavy atom. The van der Waals surface area contributed by atoms with E-state index in [9.17, 15) is 28.8 Å². The predicted molar refractivity (Wildman–Crippen MR) is 184 cm³/mol. The van der Waals surface area contributed by atoms with Gasteiger partial charge in [0.15, 0.2) is 0 Å². The van der Waals surface area contributed by atoms with E-state index in [0.717, 1.165) is 18.4 Å². The van der Waals surface area contributed by atoms with Gasteiger partial charge >= 0.3 is 12.0 Å². The molecule has 1 unspecified atom stereocenters. The first-order chi connectivity index (χ1) is 22.5. The van der Waals surface area contributed by atoms with Crippen LogP contribution < -0.4 is 21.3 Å². The Labute approximate surface area is 290 Å². The van der Waals surface area contributed by atoms with Crippen LogP contribution in [0.4, 0.5) is 4.79 Å². The molecule has 0 aromatic heterocycles. The number of piperidine rings is 1. The zero-order valence-corrected chi connectivity index (χ0v) is 30.7. The van der Waals surface area contributed by atoms with E-state index < -0.39 is 70.8 Å². The number of benzene rings is 1. The molecule has 12 heteroatoms. The molecule has 3 aliphatic rings. The van der Waals surface area contributed by atoms with E-state index in [4.69, 9.17) is 4.74 Å². The summed E-state index contributed by atoms with van der Waals surface area (Å²) in [7, 11) is 0. The van der Waals surface area contributed by atoms with Gasteiger partial charge in [0.25, 0.3) is 5.91 Å². The first kappa shape index (κ1) is 37.9. The number of esters is 1. The van der Waals surface area contributed by atoms with Crippen molar-refractivity contribution in [3.63, 3.8) is 0 Å². The molecule has 3 fully saturated rings. The van der Waals surface area contributed by atoms with E-state index in [0.29, 0.717) is 6.54 Å². The summed E-state index contributed by atoms with van der Waals surface area (Å²) >= 11 is 0. The highest BCUT2D eigenvalue weighted by Gasteiger charge is 2.70. The molecule has 12 nitrogen and oxygen atoms in total. The number of urea groups is 1. The molecule has 4 N–H and O–H groups in total. The van der Waals surface area contributed by atoms with E-state index >= 15 is 0 Å². The van der Waals surface area contributed by atoms with Gasteiger partial charge in [0, 0.05) is 12.1 Å². The van der Waals surface area contributed by atoms with Gasteiger partial charge in [-0.1, -0.05) is 77.8 Å². The molecular weight excluding hydrogens is 626 g/mol. The molecule has 0 bridgehead atoms. The van der Waals surface area contributed by atoms with Gasteiger partial charge in [-0.05, 0) is 75.2 Å². The second kappa shape index (κ2) is 13.7. The maximum Gasteiger partial charge on any atom is 0.326 e. The lowest BCUT2D eigenvalue weighted by Crippen LogP contribution is -2.62. The average Bonchev–Trinajstić information content (AvgIpc) is 3.84. The van der Waals surface area contributed by atoms with E-state index in [1.807, 2.05) is 71.9 Å². The second-order valence-corrected chi connectivity index (χ2v) is 17.2. The summed E-state index contributed by atoms with van der Waals surface area (Å²) in [6.45, 7) is 18.5. The second-order valence-electron chi connectivity index (χ2n) is 17.2. The maximum atomic E-state index is 14.2. The summed E-state index contributed by atoms with van der Waals surface area (Å²) < 4.78 is 5.58. The largest absolute Gasteiger partial charge is 0.453 e. The highest BCUT2D eigenvalue weighted by atomic mass is 16.6. The van der Waals surface area contributed by atoms with Gasteiger partial charge in [-0.25, -0.2) is 4.79 Å². The minimum Gasteiger partial charge on any atom is -0.453 e. The lowest BCUT2D eigenvalue weighted by Gasteiger charge is -2.38. The van der Waals surface area contributed by atoms with Gasteiger partial charge in [-0.2, -0.15) is 0 Å². The molecule has 270 valence electrons. The van der Waals surface area contributed by atoms with Crippen molar-refractivity contribution in [3.8, 4) is 0 Å². The molecule has 2 aliphatic carbocycles. The Balaban J connectivity index is 1.45. The molecule has 0 spiro atoms. The van der Waals surface area contributed by atoms with Gasteiger partial charge in [0.1, 0.15) is 24.2 Å². The first-order valence-electron chi connectivity index (χ1n) is 17.3. The quantitative estimate of drug-likeness (QED) is 0.194. The number of amides is 5. The Kier molecular flexibility index (Phi) is 10.6. The normalized spacial score (nSPS) is 22.6. The lowest BCUT2D eigenvalue weighted by atomic mass is 9.85. The van der Waals surface area contributed by atoms with Crippen LogP contribution in [0.15, 0.2) is 30.3 Å². The van der Waals surface area contributed by atoms with Crippen LogP contribution in [-0.2, 0) is 34.3 Å². The molecule has 5 amide bonds. The van der Waals surface area contributed by atoms with E-state index in [-0.39, 0.29) is 35.5 Å². The van der Waals surface area contributed by atoms with E-state index in [2.05, 4.69) is 35.1 Å². The fourth-order valence-electron chi connectivity index (χ4n) is 6.93. The predicted octanol–water partition coefficient (Wildman–Crippen LogP) is 3.43. The Morgan fingerprint density at radius 3 is 2.08 bits per heavy atom. The van der Waals surface area contributed by atoms with Gasteiger partial charge < -0.3 is 30.9 Å². The van der Waals surface area contributed by atoms with Crippen molar-refractivity contribution in [2.75, 3.05) is 13.1 Å². The Hall–Kier alpha value is -3.96. The number of ketones is 1. The SMILES string of the molecule is CC(C)(C)NC(=O)N[C@H](C(=O)N1C[C@H]2[C@@H]([C@H]1C(=O)NC(CC1CC1)C(=O)C(=O)NCC(=O)OC(C)(C)c1ccccc1)C2(C)C)C(C)(C)C. The minimum atomic E-state index is -1.12. The third kappa shape index (κ3) is 9.19. The van der Waals surface area contributed by atoms with Gasteiger partial charge in [-0.3, -0.25) is 24.0 Å². The van der Waals surface area contributed by atoms with Crippen molar-refractivity contribution in [2.45, 2.75) is 118 Å². The highest BCUT2D eigenvalue weighted by Crippen LogP contribution is 2.65. The number of nitrogens with zero attached hydrogens (tertiary/aromatic N) is 1. The molecule has 2 saturated carbocycles. The van der Waals surface area contributed by atoms with Gasteiger partial charge in [0.2, 0.25) is 17.6 Å². The zero-order valence-electron chi connectivity index (χ0n) is 30.7. The van der Waals surface area contributed by atoms with Crippen LogP contribution in [0, 0.1) is 28.6 Å². The van der Waals surface area contributed by atoms with Crippen LogP contribution in [-0.4, -0.2) is 77.2 Å². The Morgan fingerprint density at radius 2 is 1.53 bits per heavy atom. The molecule has 49 heavy (non-hydrogen) atoms. The summed E-state index contributed by atoms with van der Waals surface area (Å²) in [5.41, 5.74) is -1.57. The molecule has 4 rings (SSSR count). The average molecular weight is 682 g/mol. The van der Waals surface area contributed by atoms with Crippen LogP contribution in [0.25, 0.3) is 0 Å². The van der Waals surface area contributed by atoms with Crippen LogP contribution in [0.2, 0.25) is 0 Å². The minimum absolute atomic E-state index is 0.0725. The standard InChI is InChI=1S/C37H55N5O7/c1-34(2,3)29(40-33(48)41-35(4,5)6)32(47)42-20-23-26(36(23,7)8)27(42)30(45)39-24(18-21-16-17-21)28(44)31(46)38-19-25(43)49-37(9,10)22-14-12-11-13-15-22/h11-15,21,23-24,26-27,29H,16-20H2,1-10H3,(H,38,46)(H,39,45)(H2,40,41,48)/t23-,24?,26-,27-,29+/m0/s1. The summed E-state index contributed by atoms with van der Waals surface area (Å²) in [5, 5.41) is 10.9. The van der Waals surface area contributed by atoms with E-state index in [1.165, 1.54) is 4.90 Å². The monoisotopic (exact) mass is 681 g/mol. The number of Topliss-reactive ketones (excluding diaryl/α,β-unsaturated/α-hetero) is 1. The lowest BCUT2D eigenvalue weighted by molar-refractivity contribution is -0.157. The van der Waals surface area contributed by atoms with Gasteiger partial charge in [-0.15, -0.1) is 0 Å². The number of carbonyl (C=O) groups is 6. The van der Waals surface area contributed by atoms with Crippen LogP contribution >= 0.6 is 0 Å². The maximum absolute atomic E-state index is 14.2. The van der Waals surface area contributed by atoms with E-state index in [1.54, 1.807) is 13.8 Å². The zero-order chi connectivity index (χ0) is 36.7. The van der Waals surface area contributed by atoms with Crippen molar-refractivity contribution >= 4 is 35.5 Å². The molecule has 1 heterocycles. The molecule has 1 aromatic rings. The molecule has 1 aromatic carbocycles. The summed E-state index contributed by atoms with van der Waals surface area (Å²) in [6.07, 6.45) is 2.04. The number of hydrogen-bond donors (Lipinski definition) is 4. The van der Waals surface area contributed by atoms with Crippen molar-refractivity contribution < 1.29 is 33.5 Å². The molecule has 1 saturated heterocycles. The topological polar surface area (TPSA) is 163 Å². The number of fused-ring (bicyclic) bond motifs is 1. The number of ether oxygens (including phenoxy) is 1. The molecule has 5 atom stereocenters. The smallest absolute Gasteiger partial charge is 0.326 e. The van der Waals surface area contributed by atoms with Crippen LogP contribution in [0.3, 0.4) is 0 Å². The fourth-order valence-corrected chi connectivity index (χ4v) is 6.93. The van der Waals surface area contributed by atoms with Crippen molar-refractivity contribution in [1.29, 1.82) is 0 Å². The number of likely N-dealkylation sites (tertiary alicyclic amines) is 1. The molecular formula is C37H55N5O7. The molecule has 1 aliphatic heterocycles. The molecule has 0 radical (unpaired) electrons. The first-order valence-corrected chi connectivity index (χ1v) is 17.3. The van der Waals surface area contributed by atoms with Crippen molar-refractivity contribution in [1.82, 2.24) is 26.2 Å². The third-order valence-corrected chi connectivity index (χ3v) is 9.99. The highest BCUT2D eigenvalue weighted by molar-refractivity contribution is 6.38. The number of hydrogen-bond acceptors (Lipinski definition) is 7. The summed E-state index contributed by atoms with van der Waals surface area (Å²) in [5.74, 6) is -3.33. The van der Waals surface area contributed by atoms with Crippen LogP contribution in [0.1, 0.15) is 94.1 Å². The fraction of sp³-hybridized carbons (Fsp3) is 0.676. The Bertz CT molecular complexity index is 1460.